The van der Waals surface area contributed by atoms with Crippen LogP contribution < -0.4 is 5.73 Å². The fourth-order valence-electron chi connectivity index (χ4n) is 3.44. The lowest BCUT2D eigenvalue weighted by atomic mass is 10.2. The quantitative estimate of drug-likeness (QED) is 0.696. The van der Waals surface area contributed by atoms with Gasteiger partial charge in [-0.15, -0.1) is 5.10 Å². The molecule has 26 heavy (non-hydrogen) atoms. The van der Waals surface area contributed by atoms with E-state index >= 15 is 0 Å². The van der Waals surface area contributed by atoms with Crippen molar-refractivity contribution in [2.24, 2.45) is 0 Å². The fourth-order valence-corrected chi connectivity index (χ4v) is 3.44. The van der Waals surface area contributed by atoms with Gasteiger partial charge < -0.3 is 10.5 Å². The lowest BCUT2D eigenvalue weighted by Crippen LogP contribution is -2.34. The molecule has 9 heteroatoms. The molecule has 1 aliphatic rings. The third kappa shape index (κ3) is 3.44. The second kappa shape index (κ2) is 7.22. The Morgan fingerprint density at radius 1 is 1.23 bits per heavy atom. The van der Waals surface area contributed by atoms with Crippen LogP contribution in [0.1, 0.15) is 12.2 Å². The first-order chi connectivity index (χ1) is 12.7. The Morgan fingerprint density at radius 2 is 2.08 bits per heavy atom. The number of methoxy groups -OCH3 is 1. The van der Waals surface area contributed by atoms with Crippen LogP contribution in [0.5, 0.6) is 0 Å². The van der Waals surface area contributed by atoms with Crippen LogP contribution in [-0.4, -0.2) is 60.7 Å². The molecule has 136 valence electrons. The minimum Gasteiger partial charge on any atom is -0.382 e. The predicted octanol–water partition coefficient (Wildman–Crippen LogP) is 0.731. The first-order valence-electron chi connectivity index (χ1n) is 8.61. The van der Waals surface area contributed by atoms with E-state index in [1.807, 2.05) is 47.3 Å². The Kier molecular flexibility index (Phi) is 4.63. The van der Waals surface area contributed by atoms with E-state index in [0.717, 1.165) is 31.0 Å². The molecule has 0 amide bonds. The van der Waals surface area contributed by atoms with Crippen LogP contribution in [0.25, 0.3) is 5.69 Å². The number of ether oxygens (including phenoxy) is 1. The lowest BCUT2D eigenvalue weighted by Gasteiger charge is -2.23. The molecule has 9 nitrogen and oxygen atoms in total. The molecular formula is C17H22N8O. The van der Waals surface area contributed by atoms with Crippen LogP contribution in [0, 0.1) is 0 Å². The monoisotopic (exact) mass is 354 g/mol. The van der Waals surface area contributed by atoms with Crippen molar-refractivity contribution in [3.8, 4) is 5.69 Å². The number of hydrogen-bond acceptors (Lipinski definition) is 7. The number of rotatable bonds is 6. The maximum absolute atomic E-state index is 5.73. The van der Waals surface area contributed by atoms with Gasteiger partial charge in [-0.1, -0.05) is 18.2 Å². The third-order valence-electron chi connectivity index (χ3n) is 4.76. The summed E-state index contributed by atoms with van der Waals surface area (Å²) in [7, 11) is 1.76. The summed E-state index contributed by atoms with van der Waals surface area (Å²) in [6.45, 7) is 2.23. The molecule has 0 unspecified atom stereocenters. The second-order valence-corrected chi connectivity index (χ2v) is 6.48. The summed E-state index contributed by atoms with van der Waals surface area (Å²) in [6.07, 6.45) is 3.03. The average Bonchev–Trinajstić information content (AvgIpc) is 3.37. The molecule has 2 aromatic heterocycles. The van der Waals surface area contributed by atoms with Crippen molar-refractivity contribution < 1.29 is 4.74 Å². The number of benzene rings is 1. The number of tetrazole rings is 1. The van der Waals surface area contributed by atoms with Gasteiger partial charge in [0.1, 0.15) is 5.82 Å². The standard InChI is InChI=1S/C17H22N8O/c1-26-15-9-14(10-24-8-7-16(18)20-24)23(11-15)12-17-19-21-22-25(17)13-5-3-2-4-6-13/h2-8,14-15H,9-12H2,1H3,(H2,18,20)/t14-,15+/m0/s1. The molecule has 0 saturated carbocycles. The number of anilines is 1. The zero-order valence-corrected chi connectivity index (χ0v) is 14.6. The topological polar surface area (TPSA) is 99.9 Å². The van der Waals surface area contributed by atoms with Crippen LogP contribution in [0.3, 0.4) is 0 Å². The van der Waals surface area contributed by atoms with Crippen LogP contribution in [0.15, 0.2) is 42.6 Å². The third-order valence-corrected chi connectivity index (χ3v) is 4.76. The highest BCUT2D eigenvalue weighted by Crippen LogP contribution is 2.23. The van der Waals surface area contributed by atoms with Gasteiger partial charge in [-0.2, -0.15) is 9.78 Å². The average molecular weight is 354 g/mol. The van der Waals surface area contributed by atoms with Crippen molar-refractivity contribution in [1.29, 1.82) is 0 Å². The van der Waals surface area contributed by atoms with E-state index in [2.05, 4.69) is 25.5 Å². The smallest absolute Gasteiger partial charge is 0.170 e. The molecule has 0 radical (unpaired) electrons. The van der Waals surface area contributed by atoms with Crippen molar-refractivity contribution in [2.75, 3.05) is 19.4 Å². The molecule has 1 fully saturated rings. The molecule has 1 saturated heterocycles. The molecule has 1 aliphatic heterocycles. The van der Waals surface area contributed by atoms with Gasteiger partial charge in [0.2, 0.25) is 0 Å². The summed E-state index contributed by atoms with van der Waals surface area (Å²) in [6, 6.07) is 12.0. The minimum absolute atomic E-state index is 0.189. The Bertz CT molecular complexity index is 845. The molecular weight excluding hydrogens is 332 g/mol. The molecule has 0 bridgehead atoms. The maximum Gasteiger partial charge on any atom is 0.170 e. The van der Waals surface area contributed by atoms with Gasteiger partial charge in [-0.25, -0.2) is 0 Å². The van der Waals surface area contributed by atoms with E-state index in [1.165, 1.54) is 0 Å². The van der Waals surface area contributed by atoms with Gasteiger partial charge in [0.25, 0.3) is 0 Å². The fraction of sp³-hybridized carbons (Fsp3) is 0.412. The van der Waals surface area contributed by atoms with Crippen molar-refractivity contribution >= 4 is 5.82 Å². The summed E-state index contributed by atoms with van der Waals surface area (Å²) >= 11 is 0. The number of nitrogens with two attached hydrogens (primary N) is 1. The highest BCUT2D eigenvalue weighted by molar-refractivity contribution is 5.30. The number of hydrogen-bond donors (Lipinski definition) is 1. The summed E-state index contributed by atoms with van der Waals surface area (Å²) in [5.74, 6) is 1.34. The van der Waals surface area contributed by atoms with Crippen molar-refractivity contribution in [3.05, 3.63) is 48.4 Å². The predicted molar refractivity (Wildman–Crippen MR) is 95.4 cm³/mol. The molecule has 2 N–H and O–H groups in total. The van der Waals surface area contributed by atoms with E-state index in [0.29, 0.717) is 12.4 Å². The summed E-state index contributed by atoms with van der Waals surface area (Å²) in [4.78, 5) is 2.34. The molecule has 3 aromatic rings. The number of para-hydroxylation sites is 1. The highest BCUT2D eigenvalue weighted by atomic mass is 16.5. The van der Waals surface area contributed by atoms with Gasteiger partial charge in [0.05, 0.1) is 24.9 Å². The largest absolute Gasteiger partial charge is 0.382 e. The van der Waals surface area contributed by atoms with Gasteiger partial charge in [0, 0.05) is 25.9 Å². The molecule has 0 aliphatic carbocycles. The van der Waals surface area contributed by atoms with E-state index in [9.17, 15) is 0 Å². The number of aromatic nitrogens is 6. The number of likely N-dealkylation sites (tertiary alicyclic amines) is 1. The van der Waals surface area contributed by atoms with Gasteiger partial charge in [-0.3, -0.25) is 9.58 Å². The summed E-state index contributed by atoms with van der Waals surface area (Å²) < 4.78 is 9.26. The van der Waals surface area contributed by atoms with Crippen molar-refractivity contribution in [1.82, 2.24) is 34.9 Å². The normalized spacial score (nSPS) is 20.7. The SMILES string of the molecule is CO[C@@H]1C[C@@H](Cn2ccc(N)n2)N(Cc2nnnn2-c2ccccc2)C1. The van der Waals surface area contributed by atoms with Gasteiger partial charge in [0.15, 0.2) is 5.82 Å². The Hall–Kier alpha value is -2.78. The van der Waals surface area contributed by atoms with Crippen LogP contribution in [0.4, 0.5) is 5.82 Å². The van der Waals surface area contributed by atoms with Crippen molar-refractivity contribution in [2.45, 2.75) is 31.7 Å². The first kappa shape index (κ1) is 16.7. The summed E-state index contributed by atoms with van der Waals surface area (Å²) in [5, 5.41) is 16.5. The molecule has 4 rings (SSSR count). The second-order valence-electron chi connectivity index (χ2n) is 6.48. The first-order valence-corrected chi connectivity index (χ1v) is 8.61. The van der Waals surface area contributed by atoms with Gasteiger partial charge in [-0.05, 0) is 35.0 Å². The zero-order chi connectivity index (χ0) is 17.9. The summed E-state index contributed by atoms with van der Waals surface area (Å²) in [5.41, 5.74) is 6.69. The Balaban J connectivity index is 1.53. The minimum atomic E-state index is 0.189. The van der Waals surface area contributed by atoms with Crippen LogP contribution in [-0.2, 0) is 17.8 Å². The Morgan fingerprint density at radius 3 is 2.81 bits per heavy atom. The molecule has 0 spiro atoms. The van der Waals surface area contributed by atoms with E-state index in [4.69, 9.17) is 10.5 Å². The van der Waals surface area contributed by atoms with E-state index in [1.54, 1.807) is 11.8 Å². The van der Waals surface area contributed by atoms with E-state index in [-0.39, 0.29) is 12.1 Å². The van der Waals surface area contributed by atoms with Crippen LogP contribution >= 0.6 is 0 Å². The number of nitrogens with zero attached hydrogens (tertiary/aromatic N) is 7. The highest BCUT2D eigenvalue weighted by Gasteiger charge is 2.33. The molecule has 3 heterocycles. The zero-order valence-electron chi connectivity index (χ0n) is 14.6. The number of nitrogen functional groups attached to an aromatic ring is 1. The maximum atomic E-state index is 5.73. The van der Waals surface area contributed by atoms with Crippen LogP contribution in [0.2, 0.25) is 0 Å². The van der Waals surface area contributed by atoms with Gasteiger partial charge >= 0.3 is 0 Å². The van der Waals surface area contributed by atoms with E-state index < -0.39 is 0 Å². The molecule has 2 atom stereocenters. The lowest BCUT2D eigenvalue weighted by molar-refractivity contribution is 0.106. The molecule has 1 aromatic carbocycles. The van der Waals surface area contributed by atoms with Crippen molar-refractivity contribution in [3.63, 3.8) is 0 Å². The Labute approximate surface area is 151 Å².